The molecule has 2 radical (unpaired) electrons. The summed E-state index contributed by atoms with van der Waals surface area (Å²) in [7, 11) is 0. The molecular weight excluding hydrogens is 373 g/mol. The van der Waals surface area contributed by atoms with Crippen molar-refractivity contribution in [3.63, 3.8) is 0 Å². The van der Waals surface area contributed by atoms with Crippen LogP contribution in [0.15, 0.2) is 0 Å². The van der Waals surface area contributed by atoms with Gasteiger partial charge in [-0.15, -0.1) is 0 Å². The van der Waals surface area contributed by atoms with Crippen molar-refractivity contribution in [1.29, 1.82) is 0 Å². The Balaban J connectivity index is 0. The Kier molecular flexibility index (Phi) is 145. The van der Waals surface area contributed by atoms with Gasteiger partial charge in [-0.25, -0.2) is 0 Å². The Morgan fingerprint density at radius 3 is 1.00 bits per heavy atom. The Bertz CT molecular complexity index is 8.00. The molecule has 4 heavy (non-hydrogen) atoms. The van der Waals surface area contributed by atoms with Gasteiger partial charge >= 0.3 is 36.9 Å². The minimum atomic E-state index is 0. The first-order valence-corrected chi connectivity index (χ1v) is 0. The molecule has 30 valence electrons. The van der Waals surface area contributed by atoms with Gasteiger partial charge in [0.05, 0.1) is 0 Å². The fourth-order valence-corrected chi connectivity index (χ4v) is 0. The average molecular weight is 380 g/mol. The van der Waals surface area contributed by atoms with E-state index in [-0.39, 0.29) is 76.6 Å². The topological polar surface area (TPSA) is 0 Å². The summed E-state index contributed by atoms with van der Waals surface area (Å²) in [6, 6.07) is 0. The SMILES string of the molecule is [AlH3].[Au].[GaH3].[SeH]. The van der Waals surface area contributed by atoms with Gasteiger partial charge in [0.15, 0.2) is 17.4 Å². The molecule has 0 aliphatic heterocycles. The summed E-state index contributed by atoms with van der Waals surface area (Å²) in [5.41, 5.74) is 0. The Labute approximate surface area is 75.7 Å². The van der Waals surface area contributed by atoms with Gasteiger partial charge in [0, 0.05) is 22.4 Å². The van der Waals surface area contributed by atoms with Crippen LogP contribution >= 0.6 is 0 Å². The second kappa shape index (κ2) is 18.1. The van der Waals surface area contributed by atoms with Crippen molar-refractivity contribution >= 4 is 54.2 Å². The van der Waals surface area contributed by atoms with Gasteiger partial charge in [-0.2, -0.15) is 0 Å². The molecule has 0 unspecified atom stereocenters. The molecule has 0 rings (SSSR count). The molecule has 0 spiro atoms. The number of hydrogen-bond acceptors (Lipinski definition) is 0. The van der Waals surface area contributed by atoms with Crippen molar-refractivity contribution < 1.29 is 22.4 Å². The normalized spacial score (nSPS) is 0. The molecule has 0 aromatic carbocycles. The first kappa shape index (κ1) is 32.1. The van der Waals surface area contributed by atoms with Crippen molar-refractivity contribution in [2.75, 3.05) is 0 Å². The Morgan fingerprint density at radius 2 is 1.00 bits per heavy atom. The zero-order chi connectivity index (χ0) is 0. The molecule has 0 aliphatic rings. The van der Waals surface area contributed by atoms with Crippen LogP contribution in [0.3, 0.4) is 0 Å². The average Bonchev–Trinajstić information content (AvgIpc) is 0. The third kappa shape index (κ3) is 8.83. The van der Waals surface area contributed by atoms with E-state index in [0.717, 1.165) is 0 Å². The quantitative estimate of drug-likeness (QED) is 0.393. The van der Waals surface area contributed by atoms with Gasteiger partial charge in [0.1, 0.15) is 0 Å². The summed E-state index contributed by atoms with van der Waals surface area (Å²) in [6.45, 7) is 0. The summed E-state index contributed by atoms with van der Waals surface area (Å²) >= 11 is 0. The van der Waals surface area contributed by atoms with Crippen molar-refractivity contribution in [3.8, 4) is 0 Å². The third-order valence-electron chi connectivity index (χ3n) is 0. The van der Waals surface area contributed by atoms with Gasteiger partial charge in [0.25, 0.3) is 0 Å². The van der Waals surface area contributed by atoms with E-state index >= 15 is 0 Å². The van der Waals surface area contributed by atoms with Crippen molar-refractivity contribution in [1.82, 2.24) is 0 Å². The number of hydrogen-bond donors (Lipinski definition) is 0. The molecule has 0 saturated carbocycles. The van der Waals surface area contributed by atoms with Crippen molar-refractivity contribution in [2.24, 2.45) is 0 Å². The maximum absolute atomic E-state index is 0. The van der Waals surface area contributed by atoms with E-state index in [2.05, 4.69) is 0 Å². The molecule has 0 aliphatic carbocycles. The molecule has 0 heterocycles. The molecule has 0 atom stereocenters. The molecule has 0 amide bonds. The van der Waals surface area contributed by atoms with Gasteiger partial charge < -0.3 is 0 Å². The molecule has 0 fully saturated rings. The monoisotopic (exact) mass is 380 g/mol. The molecule has 0 aromatic heterocycles. The predicted octanol–water partition coefficient (Wildman–Crippen LogP) is -3.02. The van der Waals surface area contributed by atoms with Gasteiger partial charge in [-0.3, -0.25) is 0 Å². The summed E-state index contributed by atoms with van der Waals surface area (Å²) in [4.78, 5) is 0. The summed E-state index contributed by atoms with van der Waals surface area (Å²) < 4.78 is 0. The first-order chi connectivity index (χ1) is 0. The third-order valence-corrected chi connectivity index (χ3v) is 0. The summed E-state index contributed by atoms with van der Waals surface area (Å²) in [5, 5.41) is 0. The van der Waals surface area contributed by atoms with Crippen LogP contribution in [0.4, 0.5) is 0 Å². The van der Waals surface area contributed by atoms with E-state index < -0.39 is 0 Å². The first-order valence-electron chi connectivity index (χ1n) is 0. The fourth-order valence-electron chi connectivity index (χ4n) is 0. The van der Waals surface area contributed by atoms with E-state index in [1.165, 1.54) is 0 Å². The van der Waals surface area contributed by atoms with Crippen LogP contribution in [0.2, 0.25) is 0 Å². The molecule has 0 nitrogen and oxygen atoms in total. The second-order valence-corrected chi connectivity index (χ2v) is 0. The molecule has 0 bridgehead atoms. The molecule has 0 N–H and O–H groups in total. The predicted molar refractivity (Wildman–Crippen MR) is 27.0 cm³/mol. The van der Waals surface area contributed by atoms with E-state index in [9.17, 15) is 0 Å². The zero-order valence-corrected chi connectivity index (χ0v) is 4.79. The van der Waals surface area contributed by atoms with Crippen LogP contribution < -0.4 is 0 Å². The van der Waals surface area contributed by atoms with E-state index in [1.807, 2.05) is 0 Å². The van der Waals surface area contributed by atoms with E-state index in [4.69, 9.17) is 0 Å². The summed E-state index contributed by atoms with van der Waals surface area (Å²) in [5.74, 6) is 0. The maximum atomic E-state index is 0. The van der Waals surface area contributed by atoms with E-state index in [0.29, 0.717) is 0 Å². The standard InChI is InChI=1S/Al.Au.Ga.HSe.6H/h;;;1H;;;;;;. The van der Waals surface area contributed by atoms with Crippen molar-refractivity contribution in [3.05, 3.63) is 0 Å². The van der Waals surface area contributed by atoms with Crippen LogP contribution in [0.25, 0.3) is 0 Å². The van der Waals surface area contributed by atoms with Crippen molar-refractivity contribution in [2.45, 2.75) is 0 Å². The van der Waals surface area contributed by atoms with Crippen LogP contribution in [-0.2, 0) is 22.4 Å². The second-order valence-electron chi connectivity index (χ2n) is 0. The summed E-state index contributed by atoms with van der Waals surface area (Å²) in [6.07, 6.45) is 0. The molecule has 0 saturated heterocycles. The molecular formula is H7AlAuGaSe. The van der Waals surface area contributed by atoms with Crippen LogP contribution in [0, 0.1) is 0 Å². The van der Waals surface area contributed by atoms with Crippen LogP contribution in [-0.4, -0.2) is 54.2 Å². The van der Waals surface area contributed by atoms with Crippen LogP contribution in [0.5, 0.6) is 0 Å². The zero-order valence-electron chi connectivity index (χ0n) is 0.749. The number of rotatable bonds is 0. The Hall–Kier alpha value is 2.43. The van der Waals surface area contributed by atoms with Gasteiger partial charge in [-0.1, -0.05) is 0 Å². The van der Waals surface area contributed by atoms with Crippen LogP contribution in [0.1, 0.15) is 0 Å². The Morgan fingerprint density at radius 1 is 1.00 bits per heavy atom. The molecule has 0 aromatic rings. The fraction of sp³-hybridized carbons (Fsp3) is 0. The minimum absolute atomic E-state index is 0. The molecule has 4 heteroatoms. The van der Waals surface area contributed by atoms with E-state index in [1.54, 1.807) is 0 Å². The van der Waals surface area contributed by atoms with Gasteiger partial charge in [-0.05, 0) is 0 Å². The van der Waals surface area contributed by atoms with Gasteiger partial charge in [0.2, 0.25) is 0 Å².